The molecule has 0 aromatic heterocycles. The van der Waals surface area contributed by atoms with Crippen molar-refractivity contribution in [1.29, 1.82) is 0 Å². The third kappa shape index (κ3) is 5.22. The molecule has 2 N–H and O–H groups in total. The average molecular weight is 294 g/mol. The first-order valence-corrected chi connectivity index (χ1v) is 7.59. The highest BCUT2D eigenvalue weighted by atomic mass is 19.4. The lowest BCUT2D eigenvalue weighted by Crippen LogP contribution is -2.51. The molecule has 0 bridgehead atoms. The van der Waals surface area contributed by atoms with Crippen molar-refractivity contribution < 1.29 is 18.3 Å². The number of halogens is 3. The number of aliphatic hydroxyl groups is 1. The van der Waals surface area contributed by atoms with Gasteiger partial charge in [0.25, 0.3) is 0 Å². The van der Waals surface area contributed by atoms with Gasteiger partial charge in [-0.05, 0) is 37.6 Å². The maximum absolute atomic E-state index is 12.6. The minimum atomic E-state index is -4.09. The van der Waals surface area contributed by atoms with Crippen LogP contribution in [0, 0.1) is 11.8 Å². The first kappa shape index (κ1) is 16.0. The Morgan fingerprint density at radius 3 is 2.45 bits per heavy atom. The second kappa shape index (κ2) is 7.09. The van der Waals surface area contributed by atoms with Crippen LogP contribution in [0.4, 0.5) is 13.2 Å². The van der Waals surface area contributed by atoms with E-state index in [0.717, 1.165) is 13.1 Å². The van der Waals surface area contributed by atoms with Gasteiger partial charge in [0.05, 0.1) is 6.61 Å². The number of hydrogen-bond acceptors (Lipinski definition) is 3. The summed E-state index contributed by atoms with van der Waals surface area (Å²) in [6.07, 6.45) is -0.446. The molecule has 2 atom stereocenters. The summed E-state index contributed by atoms with van der Waals surface area (Å²) >= 11 is 0. The summed E-state index contributed by atoms with van der Waals surface area (Å²) in [4.78, 5) is 1.96. The van der Waals surface area contributed by atoms with Gasteiger partial charge in [-0.3, -0.25) is 4.90 Å². The first-order chi connectivity index (χ1) is 9.46. The van der Waals surface area contributed by atoms with Crippen molar-refractivity contribution in [2.45, 2.75) is 44.3 Å². The molecule has 3 nitrogen and oxygen atoms in total. The van der Waals surface area contributed by atoms with Crippen LogP contribution in [-0.4, -0.2) is 55.0 Å². The van der Waals surface area contributed by atoms with E-state index in [1.54, 1.807) is 0 Å². The minimum Gasteiger partial charge on any atom is -0.395 e. The topological polar surface area (TPSA) is 35.5 Å². The molecule has 0 amide bonds. The van der Waals surface area contributed by atoms with Crippen molar-refractivity contribution in [3.8, 4) is 0 Å². The van der Waals surface area contributed by atoms with Gasteiger partial charge in [-0.1, -0.05) is 6.42 Å². The van der Waals surface area contributed by atoms with E-state index in [0.29, 0.717) is 25.4 Å². The summed E-state index contributed by atoms with van der Waals surface area (Å²) in [5.74, 6) is 0.360. The zero-order valence-electron chi connectivity index (χ0n) is 11.8. The molecule has 20 heavy (non-hydrogen) atoms. The van der Waals surface area contributed by atoms with E-state index in [-0.39, 0.29) is 18.6 Å². The van der Waals surface area contributed by atoms with Gasteiger partial charge < -0.3 is 10.4 Å². The number of nitrogens with one attached hydrogen (secondary N) is 1. The normalized spacial score (nSPS) is 29.4. The highest BCUT2D eigenvalue weighted by Gasteiger charge is 2.36. The van der Waals surface area contributed by atoms with E-state index in [9.17, 15) is 13.2 Å². The summed E-state index contributed by atoms with van der Waals surface area (Å²) in [6, 6.07) is 0.128. The maximum Gasteiger partial charge on any atom is 0.389 e. The third-order valence-corrected chi connectivity index (χ3v) is 4.47. The molecule has 0 radical (unpaired) electrons. The predicted molar refractivity (Wildman–Crippen MR) is 71.4 cm³/mol. The van der Waals surface area contributed by atoms with Gasteiger partial charge in [-0.25, -0.2) is 0 Å². The van der Waals surface area contributed by atoms with Gasteiger partial charge in [0.1, 0.15) is 0 Å². The van der Waals surface area contributed by atoms with Crippen molar-refractivity contribution >= 4 is 0 Å². The second-order valence-corrected chi connectivity index (χ2v) is 6.31. The molecule has 0 aromatic carbocycles. The van der Waals surface area contributed by atoms with E-state index in [1.807, 2.05) is 4.90 Å². The van der Waals surface area contributed by atoms with Crippen molar-refractivity contribution in [1.82, 2.24) is 10.2 Å². The summed E-state index contributed by atoms with van der Waals surface area (Å²) in [7, 11) is 0. The molecule has 0 aromatic rings. The van der Waals surface area contributed by atoms with Crippen LogP contribution in [0.1, 0.15) is 32.1 Å². The largest absolute Gasteiger partial charge is 0.395 e. The van der Waals surface area contributed by atoms with Gasteiger partial charge in [0.2, 0.25) is 0 Å². The summed E-state index contributed by atoms with van der Waals surface area (Å²) in [5, 5.41) is 12.4. The van der Waals surface area contributed by atoms with Crippen molar-refractivity contribution in [3.05, 3.63) is 0 Å². The van der Waals surface area contributed by atoms with E-state index in [2.05, 4.69) is 5.32 Å². The molecule has 2 rings (SSSR count). The molecular formula is C14H25F3N2O. The molecule has 1 aliphatic carbocycles. The van der Waals surface area contributed by atoms with Crippen molar-refractivity contribution in [2.75, 3.05) is 32.8 Å². The molecule has 1 heterocycles. The van der Waals surface area contributed by atoms with Crippen LogP contribution in [0.15, 0.2) is 0 Å². The Bertz CT molecular complexity index is 295. The molecule has 118 valence electrons. The quantitative estimate of drug-likeness (QED) is 0.786. The number of alkyl halides is 3. The lowest BCUT2D eigenvalue weighted by atomic mass is 9.84. The number of nitrogens with zero attached hydrogens (tertiary/aromatic N) is 1. The number of β-amino-alcohol motifs (C(OH)–C–C–N with tert-alkyl or cyclic N) is 1. The number of piperidine rings is 1. The van der Waals surface area contributed by atoms with Gasteiger partial charge >= 0.3 is 6.18 Å². The highest BCUT2D eigenvalue weighted by Crippen LogP contribution is 2.31. The fraction of sp³-hybridized carbons (Fsp3) is 1.00. The molecule has 2 unspecified atom stereocenters. The number of rotatable bonds is 6. The molecule has 2 aliphatic rings. The van der Waals surface area contributed by atoms with Crippen molar-refractivity contribution in [2.24, 2.45) is 11.8 Å². The van der Waals surface area contributed by atoms with E-state index in [4.69, 9.17) is 5.11 Å². The monoisotopic (exact) mass is 294 g/mol. The Labute approximate surface area is 118 Å². The van der Waals surface area contributed by atoms with E-state index < -0.39 is 12.6 Å². The SMILES string of the molecule is OCCN1CC(CC(F)(F)F)CC(NCC2CCC2)C1. The van der Waals surface area contributed by atoms with Gasteiger partial charge in [0, 0.05) is 32.1 Å². The Kier molecular flexibility index (Phi) is 5.69. The Balaban J connectivity index is 1.82. The third-order valence-electron chi connectivity index (χ3n) is 4.47. The maximum atomic E-state index is 12.6. The molecule has 1 saturated carbocycles. The van der Waals surface area contributed by atoms with E-state index >= 15 is 0 Å². The molecule has 6 heteroatoms. The standard InChI is InChI=1S/C14H25F3N2O/c15-14(16,17)7-12-6-13(10-19(9-12)4-5-20)18-8-11-2-1-3-11/h11-13,18,20H,1-10H2. The lowest BCUT2D eigenvalue weighted by molar-refractivity contribution is -0.149. The average Bonchev–Trinajstić information content (AvgIpc) is 2.24. The Morgan fingerprint density at radius 2 is 1.90 bits per heavy atom. The Hall–Kier alpha value is -0.330. The summed E-state index contributed by atoms with van der Waals surface area (Å²) in [5.41, 5.74) is 0. The molecule has 0 spiro atoms. The second-order valence-electron chi connectivity index (χ2n) is 6.31. The zero-order valence-corrected chi connectivity index (χ0v) is 11.8. The van der Waals surface area contributed by atoms with Crippen LogP contribution in [0.3, 0.4) is 0 Å². The highest BCUT2D eigenvalue weighted by molar-refractivity contribution is 4.86. The number of aliphatic hydroxyl groups excluding tert-OH is 1. The van der Waals surface area contributed by atoms with Crippen LogP contribution in [0.5, 0.6) is 0 Å². The van der Waals surface area contributed by atoms with Gasteiger partial charge in [-0.2, -0.15) is 13.2 Å². The van der Waals surface area contributed by atoms with Crippen LogP contribution in [-0.2, 0) is 0 Å². The number of hydrogen-bond donors (Lipinski definition) is 2. The predicted octanol–water partition coefficient (Wildman–Crippen LogP) is 2.01. The molecular weight excluding hydrogens is 269 g/mol. The number of likely N-dealkylation sites (tertiary alicyclic amines) is 1. The summed E-state index contributed by atoms with van der Waals surface area (Å²) < 4.78 is 37.7. The fourth-order valence-corrected chi connectivity index (χ4v) is 3.28. The molecule has 2 fully saturated rings. The fourth-order valence-electron chi connectivity index (χ4n) is 3.28. The molecule has 1 aliphatic heterocycles. The van der Waals surface area contributed by atoms with E-state index in [1.165, 1.54) is 19.3 Å². The van der Waals surface area contributed by atoms with Crippen LogP contribution < -0.4 is 5.32 Å². The lowest BCUT2D eigenvalue weighted by Gasteiger charge is -2.39. The smallest absolute Gasteiger partial charge is 0.389 e. The first-order valence-electron chi connectivity index (χ1n) is 7.59. The van der Waals surface area contributed by atoms with Gasteiger partial charge in [0.15, 0.2) is 0 Å². The van der Waals surface area contributed by atoms with Crippen LogP contribution in [0.2, 0.25) is 0 Å². The van der Waals surface area contributed by atoms with Crippen LogP contribution in [0.25, 0.3) is 0 Å². The minimum absolute atomic E-state index is 0.00802. The molecule has 1 saturated heterocycles. The zero-order chi connectivity index (χ0) is 14.6. The van der Waals surface area contributed by atoms with Crippen LogP contribution >= 0.6 is 0 Å². The summed E-state index contributed by atoms with van der Waals surface area (Å²) in [6.45, 7) is 2.60. The van der Waals surface area contributed by atoms with Crippen molar-refractivity contribution in [3.63, 3.8) is 0 Å². The van der Waals surface area contributed by atoms with Gasteiger partial charge in [-0.15, -0.1) is 0 Å². The Morgan fingerprint density at radius 1 is 1.15 bits per heavy atom.